The van der Waals surface area contributed by atoms with Gasteiger partial charge in [0, 0.05) is 19.6 Å². The fourth-order valence-electron chi connectivity index (χ4n) is 1.83. The summed E-state index contributed by atoms with van der Waals surface area (Å²) in [6.07, 6.45) is 4.14. The van der Waals surface area contributed by atoms with Gasteiger partial charge in [0.25, 0.3) is 0 Å². The molecule has 4 nitrogen and oxygen atoms in total. The van der Waals surface area contributed by atoms with Crippen molar-refractivity contribution in [2.75, 3.05) is 19.0 Å². The zero-order valence-electron chi connectivity index (χ0n) is 11.4. The van der Waals surface area contributed by atoms with E-state index in [1.165, 1.54) is 0 Å². The van der Waals surface area contributed by atoms with E-state index in [1.54, 1.807) is 7.11 Å². The van der Waals surface area contributed by atoms with Gasteiger partial charge < -0.3 is 10.1 Å². The average Bonchev–Trinajstić information content (AvgIpc) is 2.29. The van der Waals surface area contributed by atoms with Crippen molar-refractivity contribution >= 4 is 21.7 Å². The molecule has 18 heavy (non-hydrogen) atoms. The van der Waals surface area contributed by atoms with Crippen molar-refractivity contribution < 1.29 is 4.74 Å². The number of anilines is 1. The molecule has 0 saturated carbocycles. The number of halogens is 1. The van der Waals surface area contributed by atoms with E-state index in [2.05, 4.69) is 45.1 Å². The molecule has 5 heteroatoms. The lowest BCUT2D eigenvalue weighted by Gasteiger charge is -2.18. The SMILES string of the molecule is CCCc1nc(Br)cc(NC(CCC)COC)n1. The molecule has 1 N–H and O–H groups in total. The number of hydrogen-bond acceptors (Lipinski definition) is 4. The van der Waals surface area contributed by atoms with Crippen molar-refractivity contribution in [3.8, 4) is 0 Å². The van der Waals surface area contributed by atoms with Crippen LogP contribution in [-0.4, -0.2) is 29.7 Å². The van der Waals surface area contributed by atoms with Gasteiger partial charge >= 0.3 is 0 Å². The Morgan fingerprint density at radius 2 is 2.11 bits per heavy atom. The Hall–Kier alpha value is -0.680. The molecule has 1 heterocycles. The summed E-state index contributed by atoms with van der Waals surface area (Å²) in [4.78, 5) is 8.88. The largest absolute Gasteiger partial charge is 0.383 e. The third kappa shape index (κ3) is 5.31. The topological polar surface area (TPSA) is 47.0 Å². The molecule has 0 spiro atoms. The lowest BCUT2D eigenvalue weighted by atomic mass is 10.2. The molecule has 102 valence electrons. The number of ether oxygens (including phenoxy) is 1. The second kappa shape index (κ2) is 8.43. The van der Waals surface area contributed by atoms with Gasteiger partial charge in [-0.1, -0.05) is 20.3 Å². The highest BCUT2D eigenvalue weighted by atomic mass is 79.9. The highest BCUT2D eigenvalue weighted by molar-refractivity contribution is 9.10. The molecule has 1 atom stereocenters. The molecule has 1 aromatic heterocycles. The molecule has 1 aromatic rings. The minimum Gasteiger partial charge on any atom is -0.383 e. The van der Waals surface area contributed by atoms with E-state index < -0.39 is 0 Å². The lowest BCUT2D eigenvalue weighted by molar-refractivity contribution is 0.182. The number of rotatable bonds is 8. The predicted molar refractivity (Wildman–Crippen MR) is 77.9 cm³/mol. The van der Waals surface area contributed by atoms with Crippen LogP contribution in [0.4, 0.5) is 5.82 Å². The van der Waals surface area contributed by atoms with Gasteiger partial charge in [-0.3, -0.25) is 0 Å². The third-order valence-corrected chi connectivity index (χ3v) is 2.98. The van der Waals surface area contributed by atoms with Gasteiger partial charge in [0.05, 0.1) is 12.6 Å². The minimum absolute atomic E-state index is 0.302. The van der Waals surface area contributed by atoms with Gasteiger partial charge in [0.1, 0.15) is 16.2 Å². The van der Waals surface area contributed by atoms with Gasteiger partial charge in [-0.05, 0) is 28.8 Å². The molecule has 0 radical (unpaired) electrons. The summed E-state index contributed by atoms with van der Waals surface area (Å²) in [5.74, 6) is 1.75. The Kier molecular flexibility index (Phi) is 7.20. The van der Waals surface area contributed by atoms with Crippen LogP contribution in [0, 0.1) is 0 Å². The molecule has 0 aliphatic carbocycles. The summed E-state index contributed by atoms with van der Waals surface area (Å²) in [6.45, 7) is 4.99. The number of aromatic nitrogens is 2. The van der Waals surface area contributed by atoms with Crippen molar-refractivity contribution in [3.63, 3.8) is 0 Å². The van der Waals surface area contributed by atoms with Crippen LogP contribution in [0.2, 0.25) is 0 Å². The molecule has 0 bridgehead atoms. The summed E-state index contributed by atoms with van der Waals surface area (Å²) in [6, 6.07) is 2.22. The standard InChI is InChI=1S/C13H22BrN3O/c1-4-6-10(9-18-3)15-13-8-11(14)16-12(17-13)7-5-2/h8,10H,4-7,9H2,1-3H3,(H,15,16,17). The zero-order chi connectivity index (χ0) is 13.4. The Morgan fingerprint density at radius 1 is 1.33 bits per heavy atom. The minimum atomic E-state index is 0.302. The maximum atomic E-state index is 5.22. The third-order valence-electron chi connectivity index (χ3n) is 2.57. The van der Waals surface area contributed by atoms with E-state index in [0.717, 1.165) is 41.9 Å². The van der Waals surface area contributed by atoms with Gasteiger partial charge in [-0.15, -0.1) is 0 Å². The Bertz CT molecular complexity index is 354. The number of aryl methyl sites for hydroxylation is 1. The molecular weight excluding hydrogens is 294 g/mol. The predicted octanol–water partition coefficient (Wildman–Crippen LogP) is 3.42. The maximum absolute atomic E-state index is 5.22. The van der Waals surface area contributed by atoms with Crippen LogP contribution in [0.1, 0.15) is 38.9 Å². The molecule has 0 aromatic carbocycles. The van der Waals surface area contributed by atoms with Gasteiger partial charge in [-0.2, -0.15) is 0 Å². The van der Waals surface area contributed by atoms with E-state index in [9.17, 15) is 0 Å². The number of methoxy groups -OCH3 is 1. The summed E-state index contributed by atoms with van der Waals surface area (Å²) in [5.41, 5.74) is 0. The van der Waals surface area contributed by atoms with E-state index in [4.69, 9.17) is 4.74 Å². The lowest BCUT2D eigenvalue weighted by Crippen LogP contribution is -2.25. The van der Waals surface area contributed by atoms with Crippen LogP contribution >= 0.6 is 15.9 Å². The molecule has 1 unspecified atom stereocenters. The first-order valence-corrected chi connectivity index (χ1v) is 7.27. The van der Waals surface area contributed by atoms with Crippen LogP contribution in [0.3, 0.4) is 0 Å². The quantitative estimate of drug-likeness (QED) is 0.747. The average molecular weight is 316 g/mol. The van der Waals surface area contributed by atoms with Gasteiger partial charge in [0.15, 0.2) is 0 Å². The Balaban J connectivity index is 2.74. The normalized spacial score (nSPS) is 12.4. The second-order valence-corrected chi connectivity index (χ2v) is 5.14. The summed E-state index contributed by atoms with van der Waals surface area (Å²) >= 11 is 3.43. The first kappa shape index (κ1) is 15.4. The van der Waals surface area contributed by atoms with Crippen LogP contribution in [0.5, 0.6) is 0 Å². The summed E-state index contributed by atoms with van der Waals surface area (Å²) in [7, 11) is 1.72. The van der Waals surface area contributed by atoms with Crippen molar-refractivity contribution in [1.29, 1.82) is 0 Å². The highest BCUT2D eigenvalue weighted by Crippen LogP contribution is 2.15. The van der Waals surface area contributed by atoms with E-state index in [1.807, 2.05) is 6.07 Å². The van der Waals surface area contributed by atoms with Crippen LogP contribution in [-0.2, 0) is 11.2 Å². The number of nitrogens with one attached hydrogen (secondary N) is 1. The molecule has 0 aliphatic heterocycles. The maximum Gasteiger partial charge on any atom is 0.132 e. The van der Waals surface area contributed by atoms with Gasteiger partial charge in [0.2, 0.25) is 0 Å². The van der Waals surface area contributed by atoms with Crippen molar-refractivity contribution in [2.45, 2.75) is 45.6 Å². The first-order valence-electron chi connectivity index (χ1n) is 6.48. The van der Waals surface area contributed by atoms with Crippen LogP contribution < -0.4 is 5.32 Å². The molecule has 0 fully saturated rings. The summed E-state index contributed by atoms with van der Waals surface area (Å²) < 4.78 is 6.05. The smallest absolute Gasteiger partial charge is 0.132 e. The van der Waals surface area contributed by atoms with Crippen molar-refractivity contribution in [3.05, 3.63) is 16.5 Å². The van der Waals surface area contributed by atoms with Crippen LogP contribution in [0.25, 0.3) is 0 Å². The number of nitrogens with zero attached hydrogens (tertiary/aromatic N) is 2. The molecular formula is C13H22BrN3O. The fourth-order valence-corrected chi connectivity index (χ4v) is 2.25. The van der Waals surface area contributed by atoms with Crippen molar-refractivity contribution in [2.24, 2.45) is 0 Å². The van der Waals surface area contributed by atoms with Gasteiger partial charge in [-0.25, -0.2) is 9.97 Å². The monoisotopic (exact) mass is 315 g/mol. The number of hydrogen-bond donors (Lipinski definition) is 1. The van der Waals surface area contributed by atoms with E-state index in [-0.39, 0.29) is 0 Å². The van der Waals surface area contributed by atoms with Crippen LogP contribution in [0.15, 0.2) is 10.7 Å². The molecule has 0 saturated heterocycles. The second-order valence-electron chi connectivity index (χ2n) is 4.33. The van der Waals surface area contributed by atoms with Crippen molar-refractivity contribution in [1.82, 2.24) is 9.97 Å². The first-order chi connectivity index (χ1) is 8.69. The summed E-state index contributed by atoms with van der Waals surface area (Å²) in [5, 5.41) is 3.41. The Morgan fingerprint density at radius 3 is 2.72 bits per heavy atom. The highest BCUT2D eigenvalue weighted by Gasteiger charge is 2.09. The zero-order valence-corrected chi connectivity index (χ0v) is 13.0. The fraction of sp³-hybridized carbons (Fsp3) is 0.692. The van der Waals surface area contributed by atoms with E-state index in [0.29, 0.717) is 12.6 Å². The molecule has 1 rings (SSSR count). The molecule has 0 amide bonds. The molecule has 0 aliphatic rings. The van der Waals surface area contributed by atoms with E-state index >= 15 is 0 Å². The Labute approximate surface area is 118 Å².